The Hall–Kier alpha value is -2.22. The van der Waals surface area contributed by atoms with Crippen molar-refractivity contribution in [2.75, 3.05) is 38.2 Å². The first-order valence-corrected chi connectivity index (χ1v) is 8.82. The topological polar surface area (TPSA) is 87.7 Å². The number of rotatable bonds is 5. The van der Waals surface area contributed by atoms with Crippen molar-refractivity contribution in [2.45, 2.75) is 38.3 Å². The van der Waals surface area contributed by atoms with Crippen LogP contribution in [0.1, 0.15) is 31.2 Å². The smallest absolute Gasteiger partial charge is 0.307 e. The maximum absolute atomic E-state index is 12.1. The fourth-order valence-corrected chi connectivity index (χ4v) is 3.34. The number of anilines is 1. The van der Waals surface area contributed by atoms with Gasteiger partial charge in [-0.25, -0.2) is 9.97 Å². The van der Waals surface area contributed by atoms with Crippen molar-refractivity contribution in [3.05, 3.63) is 18.0 Å². The molecule has 0 aromatic carbocycles. The summed E-state index contributed by atoms with van der Waals surface area (Å²) in [6, 6.07) is -0.511. The van der Waals surface area contributed by atoms with E-state index in [-0.39, 0.29) is 18.3 Å². The van der Waals surface area contributed by atoms with Gasteiger partial charge < -0.3 is 15.0 Å². The number of ether oxygens (including phenoxy) is 1. The quantitative estimate of drug-likeness (QED) is 0.768. The summed E-state index contributed by atoms with van der Waals surface area (Å²) in [5, 5.41) is 2.80. The SMILES string of the molecule is COC(=O)C[C@@H]1C(=O)NCCN1Cc1cnc(N2CCCCC2)nc1. The number of esters is 1. The van der Waals surface area contributed by atoms with Gasteiger partial charge in [-0.15, -0.1) is 0 Å². The normalized spacial score (nSPS) is 21.7. The standard InChI is InChI=1S/C17H25N5O3/c1-25-15(23)9-14-16(24)18-5-8-22(14)12-13-10-19-17(20-11-13)21-6-3-2-4-7-21/h10-11,14H,2-9,12H2,1H3,(H,18,24)/t14-/m1/s1. The van der Waals surface area contributed by atoms with E-state index in [9.17, 15) is 9.59 Å². The average Bonchev–Trinajstić information content (AvgIpc) is 2.65. The van der Waals surface area contributed by atoms with Crippen molar-refractivity contribution in [1.82, 2.24) is 20.2 Å². The maximum Gasteiger partial charge on any atom is 0.307 e. The lowest BCUT2D eigenvalue weighted by molar-refractivity contribution is -0.146. The first kappa shape index (κ1) is 17.6. The maximum atomic E-state index is 12.1. The lowest BCUT2D eigenvalue weighted by atomic mass is 10.1. The molecule has 8 nitrogen and oxygen atoms in total. The summed E-state index contributed by atoms with van der Waals surface area (Å²) < 4.78 is 4.71. The van der Waals surface area contributed by atoms with Gasteiger partial charge in [0.2, 0.25) is 11.9 Å². The van der Waals surface area contributed by atoms with Crippen LogP contribution in [0.5, 0.6) is 0 Å². The van der Waals surface area contributed by atoms with Crippen molar-refractivity contribution in [1.29, 1.82) is 0 Å². The number of piperidine rings is 1. The molecule has 1 N–H and O–H groups in total. The molecule has 0 radical (unpaired) electrons. The molecule has 1 aromatic heterocycles. The number of piperazine rings is 1. The van der Waals surface area contributed by atoms with E-state index in [1.807, 2.05) is 17.3 Å². The fraction of sp³-hybridized carbons (Fsp3) is 0.647. The predicted molar refractivity (Wildman–Crippen MR) is 91.9 cm³/mol. The Labute approximate surface area is 147 Å². The minimum Gasteiger partial charge on any atom is -0.469 e. The molecule has 1 atom stereocenters. The van der Waals surface area contributed by atoms with Crippen molar-refractivity contribution in [3.8, 4) is 0 Å². The average molecular weight is 347 g/mol. The summed E-state index contributed by atoms with van der Waals surface area (Å²) in [7, 11) is 1.33. The molecule has 0 spiro atoms. The van der Waals surface area contributed by atoms with Gasteiger partial charge in [0.05, 0.1) is 13.5 Å². The van der Waals surface area contributed by atoms with Crippen LogP contribution in [0, 0.1) is 0 Å². The molecule has 2 aliphatic heterocycles. The van der Waals surface area contributed by atoms with Crippen LogP contribution in [0.3, 0.4) is 0 Å². The van der Waals surface area contributed by atoms with Crippen LogP contribution < -0.4 is 10.2 Å². The van der Waals surface area contributed by atoms with Gasteiger partial charge in [0.15, 0.2) is 0 Å². The summed E-state index contributed by atoms with van der Waals surface area (Å²) in [6.07, 6.45) is 7.33. The number of hydrogen-bond acceptors (Lipinski definition) is 7. The molecule has 0 unspecified atom stereocenters. The zero-order chi connectivity index (χ0) is 17.6. The van der Waals surface area contributed by atoms with Crippen LogP contribution in [-0.2, 0) is 20.9 Å². The fourth-order valence-electron chi connectivity index (χ4n) is 3.34. The van der Waals surface area contributed by atoms with Crippen molar-refractivity contribution in [3.63, 3.8) is 0 Å². The molecule has 2 saturated heterocycles. The van der Waals surface area contributed by atoms with Crippen LogP contribution in [0.4, 0.5) is 5.95 Å². The number of aromatic nitrogens is 2. The molecular weight excluding hydrogens is 322 g/mol. The van der Waals surface area contributed by atoms with E-state index in [4.69, 9.17) is 4.74 Å². The number of methoxy groups -OCH3 is 1. The lowest BCUT2D eigenvalue weighted by Gasteiger charge is -2.34. The minimum absolute atomic E-state index is 0.0506. The number of carbonyl (C=O) groups excluding carboxylic acids is 2. The highest BCUT2D eigenvalue weighted by Crippen LogP contribution is 2.17. The Morgan fingerprint density at radius 3 is 2.64 bits per heavy atom. The second-order valence-corrected chi connectivity index (χ2v) is 6.50. The van der Waals surface area contributed by atoms with Gasteiger partial charge >= 0.3 is 5.97 Å². The van der Waals surface area contributed by atoms with E-state index in [0.29, 0.717) is 19.6 Å². The molecule has 3 rings (SSSR count). The number of amides is 1. The predicted octanol–water partition coefficient (Wildman–Crippen LogP) is 0.330. The second kappa shape index (κ2) is 8.24. The van der Waals surface area contributed by atoms with Gasteiger partial charge in [0.1, 0.15) is 6.04 Å². The third-order valence-corrected chi connectivity index (χ3v) is 4.75. The Balaban J connectivity index is 1.64. The lowest BCUT2D eigenvalue weighted by Crippen LogP contribution is -2.55. The molecule has 25 heavy (non-hydrogen) atoms. The molecule has 2 fully saturated rings. The van der Waals surface area contributed by atoms with E-state index in [1.165, 1.54) is 26.4 Å². The Morgan fingerprint density at radius 2 is 1.96 bits per heavy atom. The van der Waals surface area contributed by atoms with Crippen LogP contribution in [0.15, 0.2) is 12.4 Å². The summed E-state index contributed by atoms with van der Waals surface area (Å²) >= 11 is 0. The molecule has 8 heteroatoms. The highest BCUT2D eigenvalue weighted by atomic mass is 16.5. The Kier molecular flexibility index (Phi) is 5.80. The molecule has 2 aliphatic rings. The van der Waals surface area contributed by atoms with E-state index in [0.717, 1.165) is 24.6 Å². The molecule has 136 valence electrons. The molecule has 0 saturated carbocycles. The third-order valence-electron chi connectivity index (χ3n) is 4.75. The van der Waals surface area contributed by atoms with Gasteiger partial charge in [-0.2, -0.15) is 0 Å². The van der Waals surface area contributed by atoms with Gasteiger partial charge in [-0.05, 0) is 19.3 Å². The zero-order valence-corrected chi connectivity index (χ0v) is 14.6. The summed E-state index contributed by atoms with van der Waals surface area (Å²) in [5.41, 5.74) is 0.935. The van der Waals surface area contributed by atoms with Crippen molar-refractivity contribution < 1.29 is 14.3 Å². The van der Waals surface area contributed by atoms with E-state index >= 15 is 0 Å². The number of carbonyl (C=O) groups is 2. The van der Waals surface area contributed by atoms with Crippen LogP contribution >= 0.6 is 0 Å². The van der Waals surface area contributed by atoms with E-state index in [2.05, 4.69) is 20.2 Å². The summed E-state index contributed by atoms with van der Waals surface area (Å²) in [5.74, 6) is 0.247. The zero-order valence-electron chi connectivity index (χ0n) is 14.6. The molecule has 3 heterocycles. The van der Waals surface area contributed by atoms with Crippen LogP contribution in [-0.4, -0.2) is 66.1 Å². The molecule has 0 aliphatic carbocycles. The highest BCUT2D eigenvalue weighted by molar-refractivity contribution is 5.87. The Morgan fingerprint density at radius 1 is 1.24 bits per heavy atom. The van der Waals surface area contributed by atoms with Crippen molar-refractivity contribution in [2.24, 2.45) is 0 Å². The monoisotopic (exact) mass is 347 g/mol. The number of nitrogens with zero attached hydrogens (tertiary/aromatic N) is 4. The Bertz CT molecular complexity index is 601. The third kappa shape index (κ3) is 4.45. The van der Waals surface area contributed by atoms with Gasteiger partial charge in [0.25, 0.3) is 0 Å². The van der Waals surface area contributed by atoms with Crippen LogP contribution in [0.25, 0.3) is 0 Å². The molecule has 1 aromatic rings. The van der Waals surface area contributed by atoms with Crippen molar-refractivity contribution >= 4 is 17.8 Å². The number of nitrogens with one attached hydrogen (secondary N) is 1. The van der Waals surface area contributed by atoms with Crippen LogP contribution in [0.2, 0.25) is 0 Å². The van der Waals surface area contributed by atoms with E-state index in [1.54, 1.807) is 0 Å². The molecule has 0 bridgehead atoms. The van der Waals surface area contributed by atoms with Gasteiger partial charge in [0, 0.05) is 50.7 Å². The highest BCUT2D eigenvalue weighted by Gasteiger charge is 2.32. The second-order valence-electron chi connectivity index (χ2n) is 6.50. The summed E-state index contributed by atoms with van der Waals surface area (Å²) in [4.78, 5) is 36.9. The largest absolute Gasteiger partial charge is 0.469 e. The summed E-state index contributed by atoms with van der Waals surface area (Å²) in [6.45, 7) is 3.81. The van der Waals surface area contributed by atoms with E-state index < -0.39 is 6.04 Å². The van der Waals surface area contributed by atoms with Gasteiger partial charge in [-0.3, -0.25) is 14.5 Å². The molecule has 1 amide bonds. The number of hydrogen-bond donors (Lipinski definition) is 1. The first-order chi connectivity index (χ1) is 12.2. The molecular formula is C17H25N5O3. The minimum atomic E-state index is -0.511. The van der Waals surface area contributed by atoms with Gasteiger partial charge in [-0.1, -0.05) is 0 Å². The first-order valence-electron chi connectivity index (χ1n) is 8.82.